The fourth-order valence-corrected chi connectivity index (χ4v) is 2.48. The lowest BCUT2D eigenvalue weighted by molar-refractivity contribution is 0.299. The Hall–Kier alpha value is -1.91. The Labute approximate surface area is 134 Å². The van der Waals surface area contributed by atoms with E-state index in [0.29, 0.717) is 22.7 Å². The van der Waals surface area contributed by atoms with Crippen LogP contribution in [0.25, 0.3) is 0 Å². The minimum atomic E-state index is -0.344. The van der Waals surface area contributed by atoms with Crippen LogP contribution in [0.3, 0.4) is 0 Å². The number of phenolic OH excluding ortho intramolecular Hbond substituents is 1. The van der Waals surface area contributed by atoms with Crippen molar-refractivity contribution in [2.24, 2.45) is 4.99 Å². The standard InChI is InChI=1S/C17H18ClFN2O/c1-21(2)15(17-13(18)7-5-8-14(17)19)11-20-10-12-6-3-4-9-16(12)22/h3-10,15,22H,11H2,1-2H3/t15-/m1/s1. The van der Waals surface area contributed by atoms with Gasteiger partial charge in [0.1, 0.15) is 11.6 Å². The summed E-state index contributed by atoms with van der Waals surface area (Å²) in [7, 11) is 3.70. The Morgan fingerprint density at radius 2 is 1.95 bits per heavy atom. The van der Waals surface area contributed by atoms with Gasteiger partial charge < -0.3 is 10.0 Å². The van der Waals surface area contributed by atoms with Gasteiger partial charge in [-0.2, -0.15) is 0 Å². The van der Waals surface area contributed by atoms with Crippen molar-refractivity contribution in [1.29, 1.82) is 0 Å². The van der Waals surface area contributed by atoms with Gasteiger partial charge in [-0.25, -0.2) is 4.39 Å². The molecule has 2 aromatic rings. The van der Waals surface area contributed by atoms with Crippen LogP contribution in [0, 0.1) is 5.82 Å². The largest absolute Gasteiger partial charge is 0.507 e. The molecule has 0 saturated carbocycles. The zero-order valence-electron chi connectivity index (χ0n) is 12.5. The lowest BCUT2D eigenvalue weighted by Gasteiger charge is -2.24. The summed E-state index contributed by atoms with van der Waals surface area (Å²) >= 11 is 6.13. The van der Waals surface area contributed by atoms with E-state index in [0.717, 1.165) is 0 Å². The second-order valence-electron chi connectivity index (χ2n) is 5.17. The van der Waals surface area contributed by atoms with Gasteiger partial charge >= 0.3 is 0 Å². The number of phenols is 1. The smallest absolute Gasteiger partial charge is 0.129 e. The maximum atomic E-state index is 14.1. The number of likely N-dealkylation sites (N-methyl/N-ethyl adjacent to an activating group) is 1. The van der Waals surface area contributed by atoms with E-state index in [1.165, 1.54) is 6.07 Å². The van der Waals surface area contributed by atoms with Crippen molar-refractivity contribution in [3.8, 4) is 5.75 Å². The molecule has 0 radical (unpaired) electrons. The Balaban J connectivity index is 2.22. The lowest BCUT2D eigenvalue weighted by Crippen LogP contribution is -2.24. The van der Waals surface area contributed by atoms with E-state index in [-0.39, 0.29) is 17.6 Å². The molecular weight excluding hydrogens is 303 g/mol. The Bertz CT molecular complexity index is 653. The molecule has 0 aliphatic rings. The zero-order chi connectivity index (χ0) is 16.1. The predicted octanol–water partition coefficient (Wildman–Crippen LogP) is 3.91. The first-order valence-corrected chi connectivity index (χ1v) is 7.26. The molecule has 0 saturated heterocycles. The van der Waals surface area contributed by atoms with Gasteiger partial charge in [0.2, 0.25) is 0 Å². The average molecular weight is 321 g/mol. The minimum Gasteiger partial charge on any atom is -0.507 e. The zero-order valence-corrected chi connectivity index (χ0v) is 13.3. The number of aromatic hydroxyl groups is 1. The van der Waals surface area contributed by atoms with Crippen molar-refractivity contribution in [1.82, 2.24) is 4.90 Å². The predicted molar refractivity (Wildman–Crippen MR) is 88.4 cm³/mol. The number of rotatable bonds is 5. The van der Waals surface area contributed by atoms with Crippen LogP contribution >= 0.6 is 11.6 Å². The Morgan fingerprint density at radius 3 is 2.59 bits per heavy atom. The maximum Gasteiger partial charge on any atom is 0.129 e. The molecule has 22 heavy (non-hydrogen) atoms. The summed E-state index contributed by atoms with van der Waals surface area (Å²) in [5, 5.41) is 10.1. The van der Waals surface area contributed by atoms with Gasteiger partial charge in [0.05, 0.1) is 12.6 Å². The van der Waals surface area contributed by atoms with Gasteiger partial charge in [-0.3, -0.25) is 4.99 Å². The molecule has 0 fully saturated rings. The summed E-state index contributed by atoms with van der Waals surface area (Å²) in [6.07, 6.45) is 1.58. The van der Waals surface area contributed by atoms with E-state index >= 15 is 0 Å². The van der Waals surface area contributed by atoms with Crippen molar-refractivity contribution >= 4 is 17.8 Å². The van der Waals surface area contributed by atoms with Gasteiger partial charge in [-0.15, -0.1) is 0 Å². The summed E-state index contributed by atoms with van der Waals surface area (Å²) in [6, 6.07) is 11.3. The van der Waals surface area contributed by atoms with Crippen molar-refractivity contribution in [2.75, 3.05) is 20.6 Å². The van der Waals surface area contributed by atoms with E-state index in [1.807, 2.05) is 25.1 Å². The first-order chi connectivity index (χ1) is 10.5. The molecule has 1 atom stereocenters. The molecule has 0 spiro atoms. The number of aliphatic imine (C=N–C) groups is 1. The molecule has 3 nitrogen and oxygen atoms in total. The van der Waals surface area contributed by atoms with Gasteiger partial charge in [0.25, 0.3) is 0 Å². The second-order valence-corrected chi connectivity index (χ2v) is 5.58. The van der Waals surface area contributed by atoms with Crippen molar-refractivity contribution in [3.63, 3.8) is 0 Å². The van der Waals surface area contributed by atoms with Crippen LogP contribution in [-0.4, -0.2) is 36.9 Å². The third-order valence-electron chi connectivity index (χ3n) is 3.40. The van der Waals surface area contributed by atoms with E-state index in [4.69, 9.17) is 11.6 Å². The number of hydrogen-bond donors (Lipinski definition) is 1. The summed E-state index contributed by atoms with van der Waals surface area (Å²) < 4.78 is 14.1. The molecule has 116 valence electrons. The molecular formula is C17H18ClFN2O. The molecule has 0 aliphatic carbocycles. The Kier molecular flexibility index (Phi) is 5.52. The van der Waals surface area contributed by atoms with E-state index in [9.17, 15) is 9.50 Å². The Morgan fingerprint density at radius 1 is 1.23 bits per heavy atom. The van der Waals surface area contributed by atoms with Crippen LogP contribution in [0.5, 0.6) is 5.75 Å². The van der Waals surface area contributed by atoms with E-state index < -0.39 is 0 Å². The van der Waals surface area contributed by atoms with Crippen molar-refractivity contribution in [3.05, 3.63) is 64.4 Å². The normalized spacial score (nSPS) is 13.0. The fraction of sp³-hybridized carbons (Fsp3) is 0.235. The molecule has 1 N–H and O–H groups in total. The summed E-state index contributed by atoms with van der Waals surface area (Å²) in [4.78, 5) is 6.20. The highest BCUT2D eigenvalue weighted by molar-refractivity contribution is 6.31. The summed E-state index contributed by atoms with van der Waals surface area (Å²) in [6.45, 7) is 0.335. The first-order valence-electron chi connectivity index (χ1n) is 6.89. The van der Waals surface area contributed by atoms with E-state index in [2.05, 4.69) is 4.99 Å². The number of halogens is 2. The molecule has 2 aromatic carbocycles. The molecule has 0 bridgehead atoms. The van der Waals surface area contributed by atoms with Crippen LogP contribution in [0.4, 0.5) is 4.39 Å². The molecule has 0 unspecified atom stereocenters. The quantitative estimate of drug-likeness (QED) is 0.848. The van der Waals surface area contributed by atoms with Gasteiger partial charge in [0, 0.05) is 22.4 Å². The molecule has 2 rings (SSSR count). The summed E-state index contributed by atoms with van der Waals surface area (Å²) in [5.41, 5.74) is 1.06. The van der Waals surface area contributed by atoms with Crippen LogP contribution in [-0.2, 0) is 0 Å². The van der Waals surface area contributed by atoms with Gasteiger partial charge in [-0.05, 0) is 38.4 Å². The summed E-state index contributed by atoms with van der Waals surface area (Å²) in [5.74, 6) is -0.180. The van der Waals surface area contributed by atoms with Gasteiger partial charge in [0.15, 0.2) is 0 Å². The first kappa shape index (κ1) is 16.5. The highest BCUT2D eigenvalue weighted by atomic mass is 35.5. The molecule has 0 heterocycles. The monoisotopic (exact) mass is 320 g/mol. The lowest BCUT2D eigenvalue weighted by atomic mass is 10.1. The third-order valence-corrected chi connectivity index (χ3v) is 3.73. The third kappa shape index (κ3) is 3.84. The number of nitrogens with zero attached hydrogens (tertiary/aromatic N) is 2. The maximum absolute atomic E-state index is 14.1. The van der Waals surface area contributed by atoms with Crippen LogP contribution in [0.2, 0.25) is 5.02 Å². The molecule has 0 aromatic heterocycles. The second kappa shape index (κ2) is 7.38. The van der Waals surface area contributed by atoms with Crippen molar-refractivity contribution in [2.45, 2.75) is 6.04 Å². The van der Waals surface area contributed by atoms with Crippen LogP contribution in [0.1, 0.15) is 17.2 Å². The number of para-hydroxylation sites is 1. The topological polar surface area (TPSA) is 35.8 Å². The molecule has 0 aliphatic heterocycles. The SMILES string of the molecule is CN(C)[C@H](CN=Cc1ccccc1O)c1c(F)cccc1Cl. The molecule has 5 heteroatoms. The molecule has 0 amide bonds. The van der Waals surface area contributed by atoms with Gasteiger partial charge in [-0.1, -0.05) is 29.8 Å². The minimum absolute atomic E-state index is 0.163. The van der Waals surface area contributed by atoms with Crippen LogP contribution < -0.4 is 0 Å². The number of benzene rings is 2. The van der Waals surface area contributed by atoms with E-state index in [1.54, 1.807) is 36.5 Å². The fourth-order valence-electron chi connectivity index (χ4n) is 2.19. The van der Waals surface area contributed by atoms with Crippen LogP contribution in [0.15, 0.2) is 47.5 Å². The number of hydrogen-bond acceptors (Lipinski definition) is 3. The van der Waals surface area contributed by atoms with Crippen molar-refractivity contribution < 1.29 is 9.50 Å². The highest BCUT2D eigenvalue weighted by Gasteiger charge is 2.20. The average Bonchev–Trinajstić information content (AvgIpc) is 2.47. The highest BCUT2D eigenvalue weighted by Crippen LogP contribution is 2.29.